The monoisotopic (exact) mass is 290 g/mol. The molecule has 0 bridgehead atoms. The van der Waals surface area contributed by atoms with E-state index in [1.165, 1.54) is 0 Å². The first-order chi connectivity index (χ1) is 9.60. The molecular formula is C16H19ClN2O. The predicted molar refractivity (Wildman–Crippen MR) is 82.6 cm³/mol. The summed E-state index contributed by atoms with van der Waals surface area (Å²) >= 11 is 6.03. The van der Waals surface area contributed by atoms with Gasteiger partial charge >= 0.3 is 0 Å². The molecule has 0 aliphatic rings. The fraction of sp³-hybridized carbons (Fsp3) is 0.312. The van der Waals surface area contributed by atoms with Crippen LogP contribution in [0.1, 0.15) is 23.7 Å². The minimum Gasteiger partial charge on any atom is -0.457 e. The summed E-state index contributed by atoms with van der Waals surface area (Å²) in [5, 5.41) is 3.98. The van der Waals surface area contributed by atoms with E-state index in [1.54, 1.807) is 6.20 Å². The van der Waals surface area contributed by atoms with Crippen molar-refractivity contribution < 1.29 is 4.74 Å². The lowest BCUT2D eigenvalue weighted by Gasteiger charge is -2.13. The van der Waals surface area contributed by atoms with Crippen molar-refractivity contribution in [3.05, 3.63) is 52.3 Å². The van der Waals surface area contributed by atoms with E-state index in [1.807, 2.05) is 38.1 Å². The molecule has 0 amide bonds. The molecule has 0 aliphatic heterocycles. The van der Waals surface area contributed by atoms with Crippen molar-refractivity contribution in [1.82, 2.24) is 10.3 Å². The number of pyridine rings is 1. The third-order valence-corrected chi connectivity index (χ3v) is 3.21. The first kappa shape index (κ1) is 14.8. The van der Waals surface area contributed by atoms with Crippen LogP contribution in [0.2, 0.25) is 5.02 Å². The molecule has 0 spiro atoms. The standard InChI is InChI=1S/C16H19ClN2O/c1-4-18-10-14-9-15(5-6-19-14)20-16-11(2)7-13(17)8-12(16)3/h5-9,18H,4,10H2,1-3H3. The van der Waals surface area contributed by atoms with Crippen molar-refractivity contribution in [2.24, 2.45) is 0 Å². The Morgan fingerprint density at radius 2 is 1.90 bits per heavy atom. The zero-order chi connectivity index (χ0) is 14.5. The Labute approximate surface area is 124 Å². The largest absolute Gasteiger partial charge is 0.457 e. The number of nitrogens with zero attached hydrogens (tertiary/aromatic N) is 1. The fourth-order valence-electron chi connectivity index (χ4n) is 2.05. The van der Waals surface area contributed by atoms with Gasteiger partial charge in [-0.05, 0) is 49.7 Å². The van der Waals surface area contributed by atoms with Crippen molar-refractivity contribution in [3.63, 3.8) is 0 Å². The van der Waals surface area contributed by atoms with E-state index in [0.717, 1.165) is 46.4 Å². The molecule has 0 fully saturated rings. The molecule has 1 aromatic heterocycles. The van der Waals surface area contributed by atoms with Crippen molar-refractivity contribution in [1.29, 1.82) is 0 Å². The Bertz CT molecular complexity index is 576. The maximum Gasteiger partial charge on any atom is 0.133 e. The summed E-state index contributed by atoms with van der Waals surface area (Å²) in [5.74, 6) is 1.65. The zero-order valence-corrected chi connectivity index (χ0v) is 12.8. The number of hydrogen-bond donors (Lipinski definition) is 1. The Kier molecular flexibility index (Phi) is 4.99. The van der Waals surface area contributed by atoms with Crippen molar-refractivity contribution in [2.75, 3.05) is 6.54 Å². The van der Waals surface area contributed by atoms with Crippen LogP contribution in [0.5, 0.6) is 11.5 Å². The highest BCUT2D eigenvalue weighted by atomic mass is 35.5. The molecule has 4 heteroatoms. The predicted octanol–water partition coefficient (Wildman–Crippen LogP) is 4.25. The molecule has 0 saturated carbocycles. The van der Waals surface area contributed by atoms with Crippen molar-refractivity contribution >= 4 is 11.6 Å². The van der Waals surface area contributed by atoms with Crippen LogP contribution in [0, 0.1) is 13.8 Å². The number of benzene rings is 1. The maximum absolute atomic E-state index is 6.03. The van der Waals surface area contributed by atoms with Crippen LogP contribution in [-0.2, 0) is 6.54 Å². The van der Waals surface area contributed by atoms with E-state index in [0.29, 0.717) is 0 Å². The molecular weight excluding hydrogens is 272 g/mol. The number of hydrogen-bond acceptors (Lipinski definition) is 3. The summed E-state index contributed by atoms with van der Waals surface area (Å²) in [4.78, 5) is 4.31. The van der Waals surface area contributed by atoms with Gasteiger partial charge in [0.15, 0.2) is 0 Å². The number of aromatic nitrogens is 1. The van der Waals surface area contributed by atoms with Gasteiger partial charge in [0.2, 0.25) is 0 Å². The number of halogens is 1. The SMILES string of the molecule is CCNCc1cc(Oc2c(C)cc(Cl)cc2C)ccn1. The number of nitrogens with one attached hydrogen (secondary N) is 1. The zero-order valence-electron chi connectivity index (χ0n) is 12.0. The molecule has 0 aliphatic carbocycles. The van der Waals surface area contributed by atoms with Gasteiger partial charge in [0.25, 0.3) is 0 Å². The molecule has 1 heterocycles. The first-order valence-electron chi connectivity index (χ1n) is 6.70. The van der Waals surface area contributed by atoms with Crippen LogP contribution < -0.4 is 10.1 Å². The molecule has 2 aromatic rings. The van der Waals surface area contributed by atoms with Crippen LogP contribution in [0.4, 0.5) is 0 Å². The van der Waals surface area contributed by atoms with Gasteiger partial charge in [0.05, 0.1) is 5.69 Å². The summed E-state index contributed by atoms with van der Waals surface area (Å²) in [5.41, 5.74) is 3.02. The molecule has 3 nitrogen and oxygen atoms in total. The number of rotatable bonds is 5. The quantitative estimate of drug-likeness (QED) is 0.894. The first-order valence-corrected chi connectivity index (χ1v) is 7.08. The van der Waals surface area contributed by atoms with Crippen molar-refractivity contribution in [2.45, 2.75) is 27.3 Å². The van der Waals surface area contributed by atoms with E-state index in [-0.39, 0.29) is 0 Å². The molecule has 0 atom stereocenters. The lowest BCUT2D eigenvalue weighted by molar-refractivity contribution is 0.473. The molecule has 0 unspecified atom stereocenters. The van der Waals surface area contributed by atoms with Gasteiger partial charge in [-0.25, -0.2) is 0 Å². The minimum absolute atomic E-state index is 0.731. The summed E-state index contributed by atoms with van der Waals surface area (Å²) in [7, 11) is 0. The lowest BCUT2D eigenvalue weighted by Crippen LogP contribution is -2.12. The van der Waals surface area contributed by atoms with Gasteiger partial charge in [0.1, 0.15) is 11.5 Å². The highest BCUT2D eigenvalue weighted by Crippen LogP contribution is 2.31. The smallest absolute Gasteiger partial charge is 0.133 e. The van der Waals surface area contributed by atoms with Gasteiger partial charge in [-0.15, -0.1) is 0 Å². The summed E-state index contributed by atoms with van der Waals surface area (Å²) in [6, 6.07) is 7.63. The highest BCUT2D eigenvalue weighted by molar-refractivity contribution is 6.30. The minimum atomic E-state index is 0.731. The van der Waals surface area contributed by atoms with Crippen molar-refractivity contribution in [3.8, 4) is 11.5 Å². The average Bonchev–Trinajstić information content (AvgIpc) is 2.41. The topological polar surface area (TPSA) is 34.1 Å². The maximum atomic E-state index is 6.03. The molecule has 106 valence electrons. The Morgan fingerprint density at radius 3 is 2.55 bits per heavy atom. The molecule has 0 saturated heterocycles. The van der Waals surface area contributed by atoms with Crippen LogP contribution in [-0.4, -0.2) is 11.5 Å². The molecule has 1 aromatic carbocycles. The molecule has 2 rings (SSSR count). The van der Waals surface area contributed by atoms with Gasteiger partial charge in [-0.2, -0.15) is 0 Å². The van der Waals surface area contributed by atoms with Gasteiger partial charge in [-0.1, -0.05) is 18.5 Å². The van der Waals surface area contributed by atoms with Crippen LogP contribution in [0.15, 0.2) is 30.5 Å². The van der Waals surface area contributed by atoms with Crippen LogP contribution >= 0.6 is 11.6 Å². The summed E-state index contributed by atoms with van der Waals surface area (Å²) in [6.45, 7) is 7.72. The summed E-state index contributed by atoms with van der Waals surface area (Å²) in [6.07, 6.45) is 1.77. The number of ether oxygens (including phenoxy) is 1. The van der Waals surface area contributed by atoms with E-state index >= 15 is 0 Å². The second kappa shape index (κ2) is 6.73. The Hall–Kier alpha value is -1.58. The second-order valence-corrected chi connectivity index (χ2v) is 5.17. The van der Waals surface area contributed by atoms with Gasteiger partial charge in [-0.3, -0.25) is 4.98 Å². The van der Waals surface area contributed by atoms with Gasteiger partial charge < -0.3 is 10.1 Å². The average molecular weight is 291 g/mol. The van der Waals surface area contributed by atoms with E-state index in [9.17, 15) is 0 Å². The lowest BCUT2D eigenvalue weighted by atomic mass is 10.1. The second-order valence-electron chi connectivity index (χ2n) is 4.73. The third-order valence-electron chi connectivity index (χ3n) is 2.99. The van der Waals surface area contributed by atoms with Gasteiger partial charge in [0, 0.05) is 23.8 Å². The van der Waals surface area contributed by atoms with Crippen LogP contribution in [0.3, 0.4) is 0 Å². The highest BCUT2D eigenvalue weighted by Gasteiger charge is 2.07. The molecule has 1 N–H and O–H groups in total. The summed E-state index contributed by atoms with van der Waals surface area (Å²) < 4.78 is 5.99. The molecule has 20 heavy (non-hydrogen) atoms. The Morgan fingerprint density at radius 1 is 1.20 bits per heavy atom. The third kappa shape index (κ3) is 3.71. The van der Waals surface area contributed by atoms with Crippen LogP contribution in [0.25, 0.3) is 0 Å². The fourth-order valence-corrected chi connectivity index (χ4v) is 2.37. The molecule has 0 radical (unpaired) electrons. The van der Waals surface area contributed by atoms with E-state index in [2.05, 4.69) is 17.2 Å². The Balaban J connectivity index is 2.22. The van der Waals surface area contributed by atoms with E-state index in [4.69, 9.17) is 16.3 Å². The number of aryl methyl sites for hydroxylation is 2. The normalized spacial score (nSPS) is 10.6. The van der Waals surface area contributed by atoms with E-state index < -0.39 is 0 Å².